The van der Waals surface area contributed by atoms with E-state index in [1.165, 1.54) is 6.26 Å². The molecule has 2 aromatic heterocycles. The number of thiazole rings is 1. The number of hydrogen-bond donors (Lipinski definition) is 2. The van der Waals surface area contributed by atoms with Gasteiger partial charge in [0.25, 0.3) is 0 Å². The molecule has 1 atom stereocenters. The van der Waals surface area contributed by atoms with Crippen LogP contribution >= 0.6 is 11.3 Å². The highest BCUT2D eigenvalue weighted by atomic mass is 32.1. The molecule has 0 bridgehead atoms. The smallest absolute Gasteiger partial charge is 0.320 e. The number of aryl methyl sites for hydroxylation is 2. The van der Waals surface area contributed by atoms with Gasteiger partial charge in [-0.15, -0.1) is 11.3 Å². The molecule has 0 radical (unpaired) electrons. The number of hydrogen-bond acceptors (Lipinski definition) is 5. The molecule has 2 rings (SSSR count). The molecule has 0 aliphatic heterocycles. The molecule has 2 N–H and O–H groups in total. The van der Waals surface area contributed by atoms with Crippen molar-refractivity contribution in [3.63, 3.8) is 0 Å². The summed E-state index contributed by atoms with van der Waals surface area (Å²) in [5, 5.41) is 12.1. The van der Waals surface area contributed by atoms with Gasteiger partial charge in [-0.25, -0.2) is 9.78 Å². The summed E-state index contributed by atoms with van der Waals surface area (Å²) in [7, 11) is 0. The standard InChI is InChI=1S/C12H16N4O2S/c1-7(11-14-9(3)6-19-11)4-13-12(17)15-10-8(2)5-18-16-10/h5-7H,4H2,1-3H3,(H2,13,15,16,17)/t7-/m0/s1. The van der Waals surface area contributed by atoms with Crippen molar-refractivity contribution in [2.45, 2.75) is 26.7 Å². The fraction of sp³-hybridized carbons (Fsp3) is 0.417. The van der Waals surface area contributed by atoms with E-state index in [0.29, 0.717) is 12.4 Å². The van der Waals surface area contributed by atoms with Crippen LogP contribution in [0.3, 0.4) is 0 Å². The fourth-order valence-electron chi connectivity index (χ4n) is 1.49. The lowest BCUT2D eigenvalue weighted by Gasteiger charge is -2.10. The quantitative estimate of drug-likeness (QED) is 0.902. The van der Waals surface area contributed by atoms with Crippen LogP contribution in [0, 0.1) is 13.8 Å². The lowest BCUT2D eigenvalue weighted by Crippen LogP contribution is -2.32. The summed E-state index contributed by atoms with van der Waals surface area (Å²) in [6.07, 6.45) is 1.48. The van der Waals surface area contributed by atoms with Gasteiger partial charge in [0, 0.05) is 29.1 Å². The zero-order chi connectivity index (χ0) is 13.8. The molecule has 2 amide bonds. The number of urea groups is 1. The molecule has 7 heteroatoms. The molecule has 0 saturated carbocycles. The topological polar surface area (TPSA) is 80.0 Å². The summed E-state index contributed by atoms with van der Waals surface area (Å²) in [6.45, 7) is 6.32. The molecule has 2 aromatic rings. The van der Waals surface area contributed by atoms with Crippen LogP contribution < -0.4 is 10.6 Å². The first-order valence-corrected chi connectivity index (χ1v) is 6.82. The third-order valence-electron chi connectivity index (χ3n) is 2.61. The molecule has 0 aliphatic carbocycles. The molecule has 0 aliphatic rings. The Morgan fingerprint density at radius 1 is 1.53 bits per heavy atom. The summed E-state index contributed by atoms with van der Waals surface area (Å²) in [6, 6.07) is -0.294. The van der Waals surface area contributed by atoms with Crippen molar-refractivity contribution in [3.8, 4) is 0 Å². The van der Waals surface area contributed by atoms with Gasteiger partial charge in [-0.1, -0.05) is 12.1 Å². The summed E-state index contributed by atoms with van der Waals surface area (Å²) in [4.78, 5) is 16.1. The van der Waals surface area contributed by atoms with Crippen LogP contribution in [0.1, 0.15) is 29.1 Å². The Morgan fingerprint density at radius 2 is 2.32 bits per heavy atom. The van der Waals surface area contributed by atoms with E-state index in [2.05, 4.69) is 20.8 Å². The zero-order valence-electron chi connectivity index (χ0n) is 11.1. The first kappa shape index (κ1) is 13.5. The molecule has 0 spiro atoms. The van der Waals surface area contributed by atoms with Crippen LogP contribution in [0.25, 0.3) is 0 Å². The van der Waals surface area contributed by atoms with Gasteiger partial charge in [-0.05, 0) is 13.8 Å². The summed E-state index contributed by atoms with van der Waals surface area (Å²) in [5.41, 5.74) is 1.80. The fourth-order valence-corrected chi connectivity index (χ4v) is 2.35. The van der Waals surface area contributed by atoms with E-state index in [-0.39, 0.29) is 11.9 Å². The van der Waals surface area contributed by atoms with Crippen LogP contribution in [-0.2, 0) is 0 Å². The molecule has 6 nitrogen and oxygen atoms in total. The Morgan fingerprint density at radius 3 is 2.89 bits per heavy atom. The minimum Gasteiger partial charge on any atom is -0.362 e. The SMILES string of the molecule is Cc1csc([C@@H](C)CNC(=O)Nc2nocc2C)n1. The molecule has 0 fully saturated rings. The third-order valence-corrected chi connectivity index (χ3v) is 3.80. The van der Waals surface area contributed by atoms with Crippen LogP contribution in [0.4, 0.5) is 10.6 Å². The lowest BCUT2D eigenvalue weighted by atomic mass is 10.2. The average Bonchev–Trinajstić information content (AvgIpc) is 2.96. The van der Waals surface area contributed by atoms with Crippen molar-refractivity contribution >= 4 is 23.2 Å². The Kier molecular flexibility index (Phi) is 4.16. The maximum Gasteiger partial charge on any atom is 0.320 e. The second kappa shape index (κ2) is 5.83. The van der Waals surface area contributed by atoms with Crippen LogP contribution in [0.5, 0.6) is 0 Å². The Hall–Kier alpha value is -1.89. The van der Waals surface area contributed by atoms with Gasteiger partial charge in [0.1, 0.15) is 6.26 Å². The van der Waals surface area contributed by atoms with Crippen LogP contribution in [0.15, 0.2) is 16.2 Å². The van der Waals surface area contributed by atoms with Gasteiger partial charge < -0.3 is 9.84 Å². The van der Waals surface area contributed by atoms with E-state index < -0.39 is 0 Å². The van der Waals surface area contributed by atoms with Gasteiger partial charge >= 0.3 is 6.03 Å². The number of rotatable bonds is 4. The van der Waals surface area contributed by atoms with Crippen molar-refractivity contribution in [1.82, 2.24) is 15.5 Å². The van der Waals surface area contributed by atoms with Crippen molar-refractivity contribution in [1.29, 1.82) is 0 Å². The van der Waals surface area contributed by atoms with Gasteiger partial charge in [0.05, 0.1) is 5.01 Å². The molecular weight excluding hydrogens is 264 g/mol. The van der Waals surface area contributed by atoms with E-state index >= 15 is 0 Å². The summed E-state index contributed by atoms with van der Waals surface area (Å²) in [5.74, 6) is 0.623. The van der Waals surface area contributed by atoms with Gasteiger partial charge in [0.2, 0.25) is 0 Å². The molecule has 2 heterocycles. The molecule has 0 aromatic carbocycles. The van der Waals surface area contributed by atoms with Gasteiger partial charge in [0.15, 0.2) is 5.82 Å². The molecule has 0 saturated heterocycles. The average molecular weight is 280 g/mol. The second-order valence-electron chi connectivity index (χ2n) is 4.41. The Bertz CT molecular complexity index is 564. The number of nitrogens with zero attached hydrogens (tertiary/aromatic N) is 2. The number of amides is 2. The molecule has 19 heavy (non-hydrogen) atoms. The first-order valence-electron chi connectivity index (χ1n) is 5.94. The summed E-state index contributed by atoms with van der Waals surface area (Å²) >= 11 is 1.61. The van der Waals surface area contributed by atoms with Gasteiger partial charge in [-0.2, -0.15) is 0 Å². The van der Waals surface area contributed by atoms with Crippen molar-refractivity contribution in [2.24, 2.45) is 0 Å². The lowest BCUT2D eigenvalue weighted by molar-refractivity contribution is 0.251. The highest BCUT2D eigenvalue weighted by Gasteiger charge is 2.12. The van der Waals surface area contributed by atoms with Gasteiger partial charge in [-0.3, -0.25) is 5.32 Å². The highest BCUT2D eigenvalue weighted by Crippen LogP contribution is 2.18. The van der Waals surface area contributed by atoms with Crippen molar-refractivity contribution < 1.29 is 9.32 Å². The number of carbonyl (C=O) groups is 1. The largest absolute Gasteiger partial charge is 0.362 e. The number of aromatic nitrogens is 2. The van der Waals surface area contributed by atoms with E-state index in [1.807, 2.05) is 26.2 Å². The van der Waals surface area contributed by atoms with E-state index in [9.17, 15) is 4.79 Å². The molecular formula is C12H16N4O2S. The monoisotopic (exact) mass is 280 g/mol. The summed E-state index contributed by atoms with van der Waals surface area (Å²) < 4.78 is 4.74. The number of carbonyl (C=O) groups excluding carboxylic acids is 1. The van der Waals surface area contributed by atoms with Crippen molar-refractivity contribution in [2.75, 3.05) is 11.9 Å². The van der Waals surface area contributed by atoms with E-state index in [4.69, 9.17) is 4.52 Å². The van der Waals surface area contributed by atoms with Crippen molar-refractivity contribution in [3.05, 3.63) is 27.9 Å². The number of nitrogens with one attached hydrogen (secondary N) is 2. The minimum atomic E-state index is -0.294. The molecule has 0 unspecified atom stereocenters. The van der Waals surface area contributed by atoms with E-state index in [1.54, 1.807) is 11.3 Å². The maximum absolute atomic E-state index is 11.7. The maximum atomic E-state index is 11.7. The van der Waals surface area contributed by atoms with Crippen LogP contribution in [0.2, 0.25) is 0 Å². The highest BCUT2D eigenvalue weighted by molar-refractivity contribution is 7.09. The third kappa shape index (κ3) is 3.54. The minimum absolute atomic E-state index is 0.183. The zero-order valence-corrected chi connectivity index (χ0v) is 11.9. The first-order chi connectivity index (χ1) is 9.06. The van der Waals surface area contributed by atoms with Crippen LogP contribution in [-0.4, -0.2) is 22.7 Å². The Balaban J connectivity index is 1.82. The molecule has 102 valence electrons. The normalized spacial score (nSPS) is 12.2. The number of anilines is 1. The second-order valence-corrected chi connectivity index (χ2v) is 5.30. The van der Waals surface area contributed by atoms with E-state index in [0.717, 1.165) is 16.3 Å². The predicted molar refractivity (Wildman–Crippen MR) is 73.5 cm³/mol. The predicted octanol–water partition coefficient (Wildman–Crippen LogP) is 2.67. The Labute approximate surface area is 115 Å².